The van der Waals surface area contributed by atoms with Crippen molar-refractivity contribution in [1.29, 1.82) is 0 Å². The van der Waals surface area contributed by atoms with Gasteiger partial charge in [-0.1, -0.05) is 0 Å². The molecule has 3 saturated heterocycles. The number of hydrogen-bond donors (Lipinski definition) is 0. The molecule has 28 heavy (non-hydrogen) atoms. The summed E-state index contributed by atoms with van der Waals surface area (Å²) in [6.45, 7) is 12.0. The first-order chi connectivity index (χ1) is 13.5. The third-order valence-electron chi connectivity index (χ3n) is 6.02. The fraction of sp³-hybridized carbons (Fsp3) is 0.895. The maximum absolute atomic E-state index is 12.2. The molecule has 0 radical (unpaired) electrons. The van der Waals surface area contributed by atoms with Gasteiger partial charge in [-0.2, -0.15) is 0 Å². The third-order valence-corrected chi connectivity index (χ3v) is 6.02. The van der Waals surface area contributed by atoms with Gasteiger partial charge < -0.3 is 24.2 Å². The standard InChI is InChI=1S/C19H35N5O4/c1-20-5-7-22(8-6-20)13-14-24-16-17(28-19(24)26)15-23-11-9-21(10-12-23)4-3-18(25)27-2/h17H,3-16H2,1-2H3. The van der Waals surface area contributed by atoms with Gasteiger partial charge in [-0.3, -0.25) is 14.6 Å². The largest absolute Gasteiger partial charge is 0.469 e. The molecule has 9 nitrogen and oxygen atoms in total. The Morgan fingerprint density at radius 3 is 2.25 bits per heavy atom. The second-order valence-corrected chi connectivity index (χ2v) is 8.07. The summed E-state index contributed by atoms with van der Waals surface area (Å²) in [6.07, 6.45) is 0.233. The molecule has 9 heteroatoms. The number of esters is 1. The van der Waals surface area contributed by atoms with Gasteiger partial charge >= 0.3 is 12.1 Å². The Balaban J connectivity index is 1.32. The highest BCUT2D eigenvalue weighted by molar-refractivity contribution is 5.70. The van der Waals surface area contributed by atoms with E-state index in [0.717, 1.165) is 78.5 Å². The number of amides is 1. The molecule has 0 aliphatic carbocycles. The number of rotatable bonds is 8. The topological polar surface area (TPSA) is 68.8 Å². The van der Waals surface area contributed by atoms with Crippen LogP contribution in [-0.2, 0) is 14.3 Å². The van der Waals surface area contributed by atoms with E-state index in [1.54, 1.807) is 0 Å². The minimum Gasteiger partial charge on any atom is -0.469 e. The van der Waals surface area contributed by atoms with E-state index in [-0.39, 0.29) is 18.2 Å². The molecule has 0 aromatic heterocycles. The molecule has 0 N–H and O–H groups in total. The van der Waals surface area contributed by atoms with Crippen molar-refractivity contribution in [3.8, 4) is 0 Å². The van der Waals surface area contributed by atoms with Gasteiger partial charge in [-0.25, -0.2) is 4.79 Å². The summed E-state index contributed by atoms with van der Waals surface area (Å²) in [5.74, 6) is -0.156. The lowest BCUT2D eigenvalue weighted by molar-refractivity contribution is -0.141. The Morgan fingerprint density at radius 1 is 0.964 bits per heavy atom. The predicted octanol–water partition coefficient (Wildman–Crippen LogP) is -0.765. The number of hydrogen-bond acceptors (Lipinski definition) is 8. The van der Waals surface area contributed by atoms with Crippen LogP contribution in [0.2, 0.25) is 0 Å². The lowest BCUT2D eigenvalue weighted by Crippen LogP contribution is -2.49. The average molecular weight is 398 g/mol. The van der Waals surface area contributed by atoms with Crippen molar-refractivity contribution in [2.24, 2.45) is 0 Å². The SMILES string of the molecule is COC(=O)CCN1CCN(CC2CN(CCN3CCN(C)CC3)C(=O)O2)CC1. The van der Waals surface area contributed by atoms with Crippen LogP contribution in [0.4, 0.5) is 4.79 Å². The maximum Gasteiger partial charge on any atom is 0.410 e. The zero-order valence-corrected chi connectivity index (χ0v) is 17.3. The Hall–Kier alpha value is -1.42. The first-order valence-corrected chi connectivity index (χ1v) is 10.4. The van der Waals surface area contributed by atoms with Crippen LogP contribution in [-0.4, -0.2) is 142 Å². The summed E-state index contributed by atoms with van der Waals surface area (Å²) in [7, 11) is 3.58. The Labute approximate surface area is 168 Å². The van der Waals surface area contributed by atoms with Gasteiger partial charge in [0, 0.05) is 78.5 Å². The van der Waals surface area contributed by atoms with Crippen molar-refractivity contribution in [3.63, 3.8) is 0 Å². The van der Waals surface area contributed by atoms with Crippen molar-refractivity contribution in [3.05, 3.63) is 0 Å². The number of carbonyl (C=O) groups is 2. The predicted molar refractivity (Wildman–Crippen MR) is 105 cm³/mol. The van der Waals surface area contributed by atoms with Gasteiger partial charge in [0.05, 0.1) is 20.1 Å². The smallest absolute Gasteiger partial charge is 0.410 e. The molecule has 3 fully saturated rings. The third kappa shape index (κ3) is 6.30. The molecule has 0 bridgehead atoms. The van der Waals surface area contributed by atoms with Crippen LogP contribution >= 0.6 is 0 Å². The first-order valence-electron chi connectivity index (χ1n) is 10.4. The van der Waals surface area contributed by atoms with Gasteiger partial charge in [0.15, 0.2) is 0 Å². The monoisotopic (exact) mass is 397 g/mol. The highest BCUT2D eigenvalue weighted by Gasteiger charge is 2.33. The van der Waals surface area contributed by atoms with Crippen LogP contribution in [0.15, 0.2) is 0 Å². The molecule has 0 saturated carbocycles. The summed E-state index contributed by atoms with van der Waals surface area (Å²) in [5, 5.41) is 0. The summed E-state index contributed by atoms with van der Waals surface area (Å²) < 4.78 is 10.3. The van der Waals surface area contributed by atoms with Crippen molar-refractivity contribution in [1.82, 2.24) is 24.5 Å². The molecule has 0 aromatic carbocycles. The lowest BCUT2D eigenvalue weighted by atomic mass is 10.2. The van der Waals surface area contributed by atoms with E-state index in [2.05, 4.69) is 26.6 Å². The zero-order valence-electron chi connectivity index (χ0n) is 17.3. The molecule has 1 unspecified atom stereocenters. The summed E-state index contributed by atoms with van der Waals surface area (Å²) in [4.78, 5) is 34.7. The van der Waals surface area contributed by atoms with Gasteiger partial charge in [0.1, 0.15) is 6.10 Å². The number of piperazine rings is 2. The normalized spacial score (nSPS) is 25.9. The quantitative estimate of drug-likeness (QED) is 0.495. The van der Waals surface area contributed by atoms with Crippen molar-refractivity contribution >= 4 is 12.1 Å². The molecule has 0 aromatic rings. The minimum atomic E-state index is -0.171. The second-order valence-electron chi connectivity index (χ2n) is 8.07. The van der Waals surface area contributed by atoms with Gasteiger partial charge in [0.25, 0.3) is 0 Å². The lowest BCUT2D eigenvalue weighted by Gasteiger charge is -2.35. The van der Waals surface area contributed by atoms with E-state index in [4.69, 9.17) is 9.47 Å². The summed E-state index contributed by atoms with van der Waals surface area (Å²) in [6, 6.07) is 0. The van der Waals surface area contributed by atoms with E-state index in [1.807, 2.05) is 4.90 Å². The van der Waals surface area contributed by atoms with E-state index in [1.165, 1.54) is 7.11 Å². The van der Waals surface area contributed by atoms with Crippen LogP contribution in [0.3, 0.4) is 0 Å². The molecule has 3 aliphatic heterocycles. The molecule has 3 heterocycles. The molecule has 160 valence electrons. The number of cyclic esters (lactones) is 1. The zero-order chi connectivity index (χ0) is 19.9. The molecule has 3 aliphatic rings. The summed E-state index contributed by atoms with van der Waals surface area (Å²) >= 11 is 0. The number of nitrogens with zero attached hydrogens (tertiary/aromatic N) is 5. The Morgan fingerprint density at radius 2 is 1.57 bits per heavy atom. The number of likely N-dealkylation sites (N-methyl/N-ethyl adjacent to an activating group) is 1. The van der Waals surface area contributed by atoms with Gasteiger partial charge in [-0.15, -0.1) is 0 Å². The molecule has 0 spiro atoms. The average Bonchev–Trinajstić information content (AvgIpc) is 3.05. The Bertz CT molecular complexity index is 518. The fourth-order valence-corrected chi connectivity index (χ4v) is 4.02. The van der Waals surface area contributed by atoms with Crippen LogP contribution in [0.5, 0.6) is 0 Å². The molecular formula is C19H35N5O4. The van der Waals surface area contributed by atoms with E-state index in [0.29, 0.717) is 13.0 Å². The molecular weight excluding hydrogens is 362 g/mol. The van der Waals surface area contributed by atoms with E-state index in [9.17, 15) is 9.59 Å². The van der Waals surface area contributed by atoms with Crippen molar-refractivity contribution in [2.75, 3.05) is 99.2 Å². The number of ether oxygens (including phenoxy) is 2. The van der Waals surface area contributed by atoms with Crippen molar-refractivity contribution < 1.29 is 19.1 Å². The first kappa shape index (κ1) is 21.3. The summed E-state index contributed by atoms with van der Waals surface area (Å²) in [5.41, 5.74) is 0. The number of carbonyl (C=O) groups excluding carboxylic acids is 2. The maximum atomic E-state index is 12.2. The van der Waals surface area contributed by atoms with Crippen LogP contribution in [0.25, 0.3) is 0 Å². The minimum absolute atomic E-state index is 0.0402. The van der Waals surface area contributed by atoms with Crippen LogP contribution in [0, 0.1) is 0 Å². The second kappa shape index (κ2) is 10.4. The van der Waals surface area contributed by atoms with Gasteiger partial charge in [-0.05, 0) is 7.05 Å². The van der Waals surface area contributed by atoms with E-state index >= 15 is 0 Å². The van der Waals surface area contributed by atoms with E-state index < -0.39 is 0 Å². The highest BCUT2D eigenvalue weighted by Crippen LogP contribution is 2.14. The van der Waals surface area contributed by atoms with Crippen LogP contribution in [0.1, 0.15) is 6.42 Å². The highest BCUT2D eigenvalue weighted by atomic mass is 16.6. The van der Waals surface area contributed by atoms with Crippen LogP contribution < -0.4 is 0 Å². The van der Waals surface area contributed by atoms with Crippen molar-refractivity contribution in [2.45, 2.75) is 12.5 Å². The molecule has 3 rings (SSSR count). The Kier molecular flexibility index (Phi) is 7.90. The molecule has 1 atom stereocenters. The fourth-order valence-electron chi connectivity index (χ4n) is 4.02. The van der Waals surface area contributed by atoms with Gasteiger partial charge in [0.2, 0.25) is 0 Å². The number of methoxy groups -OCH3 is 1. The molecule has 1 amide bonds.